The van der Waals surface area contributed by atoms with Crippen LogP contribution in [-0.4, -0.2) is 88.3 Å². The minimum absolute atomic E-state index is 0.0372. The lowest BCUT2D eigenvalue weighted by Gasteiger charge is -2.43. The second-order valence-corrected chi connectivity index (χ2v) is 12.0. The van der Waals surface area contributed by atoms with Gasteiger partial charge in [-0.25, -0.2) is 10.3 Å². The number of hydrogen-bond acceptors (Lipinski definition) is 10. The van der Waals surface area contributed by atoms with Gasteiger partial charge >= 0.3 is 12.1 Å². The first-order chi connectivity index (χ1) is 20.7. The monoisotopic (exact) mass is 616 g/mol. The van der Waals surface area contributed by atoms with Gasteiger partial charge in [-0.05, 0) is 30.0 Å². The minimum atomic E-state index is -4.58. The van der Waals surface area contributed by atoms with Crippen LogP contribution >= 0.6 is 0 Å². The van der Waals surface area contributed by atoms with E-state index in [0.717, 1.165) is 24.1 Å². The van der Waals surface area contributed by atoms with E-state index in [1.807, 2.05) is 6.07 Å². The fraction of sp³-hybridized carbons (Fsp3) is 0.464. The number of carbonyl (C=O) groups is 2. The van der Waals surface area contributed by atoms with Crippen molar-refractivity contribution in [2.24, 2.45) is 16.5 Å². The van der Waals surface area contributed by atoms with E-state index in [9.17, 15) is 27.9 Å². The summed E-state index contributed by atoms with van der Waals surface area (Å²) in [6.07, 6.45) is -4.44. The number of rotatable bonds is 5. The number of nitrogens with one attached hydrogen (secondary N) is 4. The number of halogens is 3. The summed E-state index contributed by atoms with van der Waals surface area (Å²) >= 11 is 0. The number of aliphatic hydroxyl groups excluding tert-OH is 1. The molecule has 5 heterocycles. The lowest BCUT2D eigenvalue weighted by Crippen LogP contribution is -2.88. The molecule has 1 fully saturated rings. The van der Waals surface area contributed by atoms with Gasteiger partial charge in [0.25, 0.3) is 11.8 Å². The lowest BCUT2D eigenvalue weighted by molar-refractivity contribution is -0.513. The molecule has 9 N–H and O–H groups in total. The predicted molar refractivity (Wildman–Crippen MR) is 150 cm³/mol. The van der Waals surface area contributed by atoms with Gasteiger partial charge in [0.1, 0.15) is 23.6 Å². The Morgan fingerprint density at radius 3 is 2.70 bits per heavy atom. The van der Waals surface area contributed by atoms with Crippen molar-refractivity contribution in [2.45, 2.75) is 61.8 Å². The van der Waals surface area contributed by atoms with Crippen LogP contribution in [0.1, 0.15) is 52.2 Å². The number of nitrogens with zero attached hydrogens (tertiary/aromatic N) is 3. The summed E-state index contributed by atoms with van der Waals surface area (Å²) in [6.45, 7) is 4.64. The summed E-state index contributed by atoms with van der Waals surface area (Å²) in [5.41, 5.74) is 11.1. The van der Waals surface area contributed by atoms with E-state index in [1.165, 1.54) is 0 Å². The summed E-state index contributed by atoms with van der Waals surface area (Å²) in [4.78, 5) is 39.1. The fourth-order valence-corrected chi connectivity index (χ4v) is 6.47. The van der Waals surface area contributed by atoms with Crippen LogP contribution in [0.2, 0.25) is 0 Å². The van der Waals surface area contributed by atoms with Crippen molar-refractivity contribution in [3.8, 4) is 5.75 Å². The number of aliphatic hydroxyl groups is 1. The van der Waals surface area contributed by atoms with Gasteiger partial charge in [0.05, 0.1) is 23.8 Å². The quantitative estimate of drug-likeness (QED) is 0.201. The second kappa shape index (κ2) is 10.2. The Bertz CT molecular complexity index is 1560. The topological polar surface area (TPSA) is 194 Å². The number of guanidine groups is 2. The highest BCUT2D eigenvalue weighted by molar-refractivity contribution is 5.98. The molecule has 16 heteroatoms. The van der Waals surface area contributed by atoms with Crippen molar-refractivity contribution in [1.29, 1.82) is 0 Å². The predicted octanol–water partition coefficient (Wildman–Crippen LogP) is -1.87. The molecule has 1 spiro atoms. The number of fused-ring (bicyclic) bond motifs is 1. The number of carbonyl (C=O) groups excluding carboxylic acids is 2. The molecule has 0 radical (unpaired) electrons. The third kappa shape index (κ3) is 4.73. The van der Waals surface area contributed by atoms with Crippen LogP contribution in [0.4, 0.5) is 13.2 Å². The molecule has 1 unspecified atom stereocenters. The largest absolute Gasteiger partial charge is 0.492 e. The zero-order chi connectivity index (χ0) is 31.6. The first kappa shape index (κ1) is 29.5. The van der Waals surface area contributed by atoms with Gasteiger partial charge in [-0.15, -0.1) is 0 Å². The molecule has 0 saturated carbocycles. The van der Waals surface area contributed by atoms with Crippen LogP contribution in [0.3, 0.4) is 0 Å². The molecule has 6 rings (SSSR count). The molecular weight excluding hydrogens is 583 g/mol. The molecule has 2 amide bonds. The molecule has 0 bridgehead atoms. The number of amides is 2. The number of benzene rings is 1. The summed E-state index contributed by atoms with van der Waals surface area (Å²) < 4.78 is 44.5. The molecule has 1 aromatic heterocycles. The van der Waals surface area contributed by atoms with Gasteiger partial charge in [-0.3, -0.25) is 25.3 Å². The van der Waals surface area contributed by atoms with Gasteiger partial charge in [-0.2, -0.15) is 13.2 Å². The zero-order valence-corrected chi connectivity index (χ0v) is 23.9. The summed E-state index contributed by atoms with van der Waals surface area (Å²) in [5.74, 6) is -0.469. The van der Waals surface area contributed by atoms with Gasteiger partial charge in [0.2, 0.25) is 5.66 Å². The Labute approximate surface area is 249 Å². The lowest BCUT2D eigenvalue weighted by atomic mass is 9.79. The highest BCUT2D eigenvalue weighted by Gasteiger charge is 2.68. The van der Waals surface area contributed by atoms with Crippen molar-refractivity contribution in [1.82, 2.24) is 25.8 Å². The Balaban J connectivity index is 1.20. The van der Waals surface area contributed by atoms with E-state index in [2.05, 4.69) is 44.8 Å². The van der Waals surface area contributed by atoms with Crippen LogP contribution < -0.4 is 37.1 Å². The third-order valence-electron chi connectivity index (χ3n) is 8.81. The van der Waals surface area contributed by atoms with Crippen molar-refractivity contribution in [2.75, 3.05) is 19.7 Å². The van der Waals surface area contributed by atoms with Crippen molar-refractivity contribution < 1.29 is 37.6 Å². The number of nitrogens with two attached hydrogens (primary N) is 2. The molecular formula is C28H33F3N9O4+. The summed E-state index contributed by atoms with van der Waals surface area (Å²) in [5, 5.41) is 20.3. The smallest absolute Gasteiger partial charge is 0.417 e. The standard InChI is InChI=1S/C28H32F3N9O4/c1-26(2)8-9-44-19-14(4-3-5-15(19)26)22(42)36-18-12-40-25(33)37-17(20-27(40,21(18)41)39-24(32)38-20)11-35-23(43)16-7-6-13(10-34-16)28(29,30)31/h3-7,10,17-18,20-21,41H,8-9,11-12H2,1-2H3,(H2,33,37)(H,35,43)(H,36,42)(H3,32,38,39)/p+1/t17-,18?,20-,21+,27-/m0/s1. The zero-order valence-electron chi connectivity index (χ0n) is 23.9. The van der Waals surface area contributed by atoms with Crippen LogP contribution in [0.15, 0.2) is 41.5 Å². The summed E-state index contributed by atoms with van der Waals surface area (Å²) in [6, 6.07) is 4.87. The van der Waals surface area contributed by atoms with Crippen LogP contribution in [0.5, 0.6) is 5.75 Å². The molecule has 13 nitrogen and oxygen atoms in total. The first-order valence-corrected chi connectivity index (χ1v) is 14.1. The minimum Gasteiger partial charge on any atom is -0.492 e. The van der Waals surface area contributed by atoms with Crippen molar-refractivity contribution >= 4 is 23.7 Å². The molecule has 0 aliphatic carbocycles. The molecule has 4 aliphatic rings. The van der Waals surface area contributed by atoms with E-state index in [4.69, 9.17) is 16.2 Å². The Morgan fingerprint density at radius 1 is 1.23 bits per heavy atom. The van der Waals surface area contributed by atoms with Crippen LogP contribution in [0, 0.1) is 0 Å². The van der Waals surface area contributed by atoms with Gasteiger partial charge < -0.3 is 31.1 Å². The van der Waals surface area contributed by atoms with Crippen molar-refractivity contribution in [3.05, 3.63) is 58.9 Å². The summed E-state index contributed by atoms with van der Waals surface area (Å²) in [7, 11) is 0. The number of ether oxygens (including phenoxy) is 1. The van der Waals surface area contributed by atoms with Crippen LogP contribution in [0.25, 0.3) is 0 Å². The third-order valence-corrected chi connectivity index (χ3v) is 8.81. The average molecular weight is 617 g/mol. The highest BCUT2D eigenvalue weighted by Crippen LogP contribution is 2.41. The molecule has 4 aliphatic heterocycles. The SMILES string of the molecule is CC1(C)CCOc2c(C(=O)NC3CN4C(N)=N[C@@H](CNC(=O)c5ccc(C(F)(F)F)cn5)[C@@H]5[NH+]=C(N)N[C@@]54[C@@H]3O)cccc21. The van der Waals surface area contributed by atoms with E-state index >= 15 is 0 Å². The maximum absolute atomic E-state index is 13.6. The molecule has 2 aromatic rings. The Hall–Kier alpha value is -4.60. The van der Waals surface area contributed by atoms with E-state index in [0.29, 0.717) is 24.1 Å². The maximum Gasteiger partial charge on any atom is 0.417 e. The molecule has 5 atom stereocenters. The van der Waals surface area contributed by atoms with Crippen LogP contribution in [-0.2, 0) is 11.6 Å². The number of para-hydroxylation sites is 1. The molecule has 1 aromatic carbocycles. The Morgan fingerprint density at radius 2 is 2.00 bits per heavy atom. The van der Waals surface area contributed by atoms with Gasteiger partial charge in [-0.1, -0.05) is 26.0 Å². The van der Waals surface area contributed by atoms with Gasteiger partial charge in [0, 0.05) is 24.8 Å². The van der Waals surface area contributed by atoms with E-state index in [1.54, 1.807) is 17.0 Å². The number of pyridine rings is 1. The number of hydrogen-bond donors (Lipinski definition) is 7. The van der Waals surface area contributed by atoms with Crippen molar-refractivity contribution in [3.63, 3.8) is 0 Å². The number of alkyl halides is 3. The molecule has 234 valence electrons. The van der Waals surface area contributed by atoms with Gasteiger partial charge in [0.15, 0.2) is 12.0 Å². The molecule has 1 saturated heterocycles. The fourth-order valence-electron chi connectivity index (χ4n) is 6.47. The highest BCUT2D eigenvalue weighted by atomic mass is 19.4. The normalized spacial score (nSPS) is 28.4. The number of aliphatic imine (C=N–C) groups is 1. The maximum atomic E-state index is 13.6. The average Bonchev–Trinajstić information content (AvgIpc) is 3.46. The first-order valence-electron chi connectivity index (χ1n) is 14.1. The van der Waals surface area contributed by atoms with E-state index < -0.39 is 53.4 Å². The van der Waals surface area contributed by atoms with E-state index in [-0.39, 0.29) is 36.1 Å². The molecule has 44 heavy (non-hydrogen) atoms. The second-order valence-electron chi connectivity index (χ2n) is 12.0. The number of aromatic nitrogens is 1. The Kier molecular flexibility index (Phi) is 6.86.